The van der Waals surface area contributed by atoms with Crippen LogP contribution in [0.2, 0.25) is 0 Å². The topological polar surface area (TPSA) is 58.3 Å². The van der Waals surface area contributed by atoms with Crippen LogP contribution in [-0.4, -0.2) is 26.9 Å². The summed E-state index contributed by atoms with van der Waals surface area (Å²) in [7, 11) is -1.92. The number of halogens is 3. The summed E-state index contributed by atoms with van der Waals surface area (Å²) in [6.45, 7) is 0. The van der Waals surface area contributed by atoms with E-state index in [1.807, 2.05) is 0 Å². The molecule has 0 bridgehead atoms. The summed E-state index contributed by atoms with van der Waals surface area (Å²) in [5.41, 5.74) is -1.29. The van der Waals surface area contributed by atoms with Gasteiger partial charge < -0.3 is 10.0 Å². The summed E-state index contributed by atoms with van der Waals surface area (Å²) in [4.78, 5) is 0. The molecule has 4 nitrogen and oxygen atoms in total. The number of alkyl halides is 3. The van der Waals surface area contributed by atoms with Crippen molar-refractivity contribution in [3.05, 3.63) is 11.8 Å². The molecule has 0 aromatic carbocycles. The zero-order chi connectivity index (χ0) is 11.2. The van der Waals surface area contributed by atoms with Gasteiger partial charge in [0.2, 0.25) is 0 Å². The average Bonchev–Trinajstić information content (AvgIpc) is 2.81. The van der Waals surface area contributed by atoms with Gasteiger partial charge in [0.15, 0.2) is 5.69 Å². The first-order valence-electron chi connectivity index (χ1n) is 4.42. The molecule has 1 aliphatic rings. The third-order valence-electron chi connectivity index (χ3n) is 2.21. The average molecular weight is 220 g/mol. The molecule has 0 radical (unpaired) electrons. The standard InChI is InChI=1S/C7H8BF3N2O2/c9-7(10,11)5-3-6(8(14)15)13(12-5)4-1-2-4/h3-4,14-15H,1-2H2. The molecule has 1 aliphatic carbocycles. The van der Waals surface area contributed by atoms with Crippen LogP contribution in [0, 0.1) is 0 Å². The van der Waals surface area contributed by atoms with E-state index in [-0.39, 0.29) is 11.6 Å². The second-order valence-corrected chi connectivity index (χ2v) is 3.50. The second kappa shape index (κ2) is 3.24. The van der Waals surface area contributed by atoms with Crippen LogP contribution in [0.25, 0.3) is 0 Å². The molecule has 0 atom stereocenters. The van der Waals surface area contributed by atoms with E-state index in [9.17, 15) is 13.2 Å². The zero-order valence-corrected chi connectivity index (χ0v) is 7.57. The second-order valence-electron chi connectivity index (χ2n) is 3.50. The normalized spacial score (nSPS) is 16.9. The third-order valence-corrected chi connectivity index (χ3v) is 2.21. The highest BCUT2D eigenvalue weighted by Gasteiger charge is 2.39. The minimum absolute atomic E-state index is 0.127. The fourth-order valence-corrected chi connectivity index (χ4v) is 1.35. The fraction of sp³-hybridized carbons (Fsp3) is 0.571. The predicted octanol–water partition coefficient (Wildman–Crippen LogP) is -0.0834. The van der Waals surface area contributed by atoms with E-state index >= 15 is 0 Å². The Bertz CT molecular complexity index is 353. The molecule has 0 unspecified atom stereocenters. The molecule has 0 amide bonds. The maximum atomic E-state index is 12.3. The van der Waals surface area contributed by atoms with E-state index in [2.05, 4.69) is 5.10 Å². The Hall–Kier alpha value is -1.02. The summed E-state index contributed by atoms with van der Waals surface area (Å²) in [5, 5.41) is 21.1. The van der Waals surface area contributed by atoms with E-state index < -0.39 is 19.0 Å². The van der Waals surface area contributed by atoms with Crippen molar-refractivity contribution in [3.8, 4) is 0 Å². The molecule has 8 heteroatoms. The van der Waals surface area contributed by atoms with Gasteiger partial charge in [0, 0.05) is 0 Å². The molecule has 2 N–H and O–H groups in total. The Morgan fingerprint density at radius 1 is 1.40 bits per heavy atom. The van der Waals surface area contributed by atoms with Crippen molar-refractivity contribution in [3.63, 3.8) is 0 Å². The van der Waals surface area contributed by atoms with Crippen molar-refractivity contribution >= 4 is 12.7 Å². The van der Waals surface area contributed by atoms with Crippen LogP contribution >= 0.6 is 0 Å². The van der Waals surface area contributed by atoms with Crippen LogP contribution < -0.4 is 5.59 Å². The lowest BCUT2D eigenvalue weighted by Gasteiger charge is -2.03. The molecular weight excluding hydrogens is 212 g/mol. The minimum atomic E-state index is -4.55. The molecule has 1 aromatic heterocycles. The summed E-state index contributed by atoms with van der Waals surface area (Å²) >= 11 is 0. The third kappa shape index (κ3) is 2.00. The molecule has 0 aliphatic heterocycles. The minimum Gasteiger partial charge on any atom is -0.422 e. The lowest BCUT2D eigenvalue weighted by atomic mass is 9.86. The number of hydrogen-bond acceptors (Lipinski definition) is 3. The van der Waals surface area contributed by atoms with Crippen LogP contribution in [0.3, 0.4) is 0 Å². The van der Waals surface area contributed by atoms with E-state index in [1.54, 1.807) is 0 Å². The van der Waals surface area contributed by atoms with Crippen molar-refractivity contribution in [2.75, 3.05) is 0 Å². The SMILES string of the molecule is OB(O)c1cc(C(F)(F)F)nn1C1CC1. The molecule has 1 saturated carbocycles. The van der Waals surface area contributed by atoms with Gasteiger partial charge in [-0.1, -0.05) is 0 Å². The summed E-state index contributed by atoms with van der Waals surface area (Å²) in [6, 6.07) is 0.543. The largest absolute Gasteiger partial charge is 0.507 e. The van der Waals surface area contributed by atoms with E-state index in [0.29, 0.717) is 6.07 Å². The smallest absolute Gasteiger partial charge is 0.422 e. The molecule has 0 saturated heterocycles. The van der Waals surface area contributed by atoms with Gasteiger partial charge in [-0.15, -0.1) is 0 Å². The maximum Gasteiger partial charge on any atom is 0.507 e. The van der Waals surface area contributed by atoms with Gasteiger partial charge in [-0.05, 0) is 18.9 Å². The van der Waals surface area contributed by atoms with Crippen molar-refractivity contribution in [1.29, 1.82) is 0 Å². The molecule has 15 heavy (non-hydrogen) atoms. The van der Waals surface area contributed by atoms with Gasteiger partial charge in [0.05, 0.1) is 11.6 Å². The molecular formula is C7H8BF3N2O2. The Balaban J connectivity index is 2.40. The van der Waals surface area contributed by atoms with Gasteiger partial charge >= 0.3 is 13.3 Å². The van der Waals surface area contributed by atoms with Crippen LogP contribution in [0.1, 0.15) is 24.6 Å². The predicted molar refractivity (Wildman–Crippen MR) is 45.3 cm³/mol. The maximum absolute atomic E-state index is 12.3. The Kier molecular flexibility index (Phi) is 2.27. The first-order valence-corrected chi connectivity index (χ1v) is 4.42. The molecule has 0 spiro atoms. The summed E-state index contributed by atoms with van der Waals surface area (Å²) < 4.78 is 37.9. The molecule has 1 heterocycles. The van der Waals surface area contributed by atoms with E-state index in [4.69, 9.17) is 10.0 Å². The van der Waals surface area contributed by atoms with Crippen molar-refractivity contribution in [2.45, 2.75) is 25.1 Å². The quantitative estimate of drug-likeness (QED) is 0.685. The Morgan fingerprint density at radius 2 is 2.00 bits per heavy atom. The molecule has 1 aromatic rings. The fourth-order valence-electron chi connectivity index (χ4n) is 1.35. The van der Waals surface area contributed by atoms with Crippen molar-refractivity contribution < 1.29 is 23.2 Å². The number of hydrogen-bond donors (Lipinski definition) is 2. The number of aromatic nitrogens is 2. The van der Waals surface area contributed by atoms with Crippen LogP contribution in [-0.2, 0) is 6.18 Å². The Labute approximate surface area is 83.5 Å². The Morgan fingerprint density at radius 3 is 2.40 bits per heavy atom. The highest BCUT2D eigenvalue weighted by molar-refractivity contribution is 6.57. The number of nitrogens with zero attached hydrogens (tertiary/aromatic N) is 2. The van der Waals surface area contributed by atoms with Crippen LogP contribution in [0.5, 0.6) is 0 Å². The van der Waals surface area contributed by atoms with Crippen molar-refractivity contribution in [1.82, 2.24) is 9.78 Å². The highest BCUT2D eigenvalue weighted by Crippen LogP contribution is 2.35. The van der Waals surface area contributed by atoms with E-state index in [1.165, 1.54) is 0 Å². The summed E-state index contributed by atoms with van der Waals surface area (Å²) in [6.07, 6.45) is -3.11. The van der Waals surface area contributed by atoms with E-state index in [0.717, 1.165) is 17.5 Å². The van der Waals surface area contributed by atoms with Crippen LogP contribution in [0.4, 0.5) is 13.2 Å². The first-order chi connectivity index (χ1) is 6.89. The van der Waals surface area contributed by atoms with Gasteiger partial charge in [-0.3, -0.25) is 4.68 Å². The van der Waals surface area contributed by atoms with Crippen molar-refractivity contribution in [2.24, 2.45) is 0 Å². The lowest BCUT2D eigenvalue weighted by Crippen LogP contribution is -2.36. The van der Waals surface area contributed by atoms with Gasteiger partial charge in [-0.25, -0.2) is 0 Å². The highest BCUT2D eigenvalue weighted by atomic mass is 19.4. The monoisotopic (exact) mass is 220 g/mol. The number of rotatable bonds is 2. The lowest BCUT2D eigenvalue weighted by molar-refractivity contribution is -0.141. The first kappa shape index (κ1) is 10.5. The van der Waals surface area contributed by atoms with Gasteiger partial charge in [0.25, 0.3) is 0 Å². The summed E-state index contributed by atoms with van der Waals surface area (Å²) in [5.74, 6) is 0. The van der Waals surface area contributed by atoms with Gasteiger partial charge in [0.1, 0.15) is 0 Å². The molecule has 2 rings (SSSR count). The molecule has 82 valence electrons. The van der Waals surface area contributed by atoms with Crippen LogP contribution in [0.15, 0.2) is 6.07 Å². The zero-order valence-electron chi connectivity index (χ0n) is 7.57. The molecule has 1 fully saturated rings. The van der Waals surface area contributed by atoms with Gasteiger partial charge in [-0.2, -0.15) is 18.3 Å².